The molecule has 4 N–H and O–H groups in total. The van der Waals surface area contributed by atoms with Gasteiger partial charge in [0.2, 0.25) is 5.91 Å². The van der Waals surface area contributed by atoms with Crippen molar-refractivity contribution in [3.63, 3.8) is 0 Å². The van der Waals surface area contributed by atoms with Gasteiger partial charge in [-0.1, -0.05) is 12.1 Å². The molecule has 1 saturated heterocycles. The molecule has 0 bridgehead atoms. The van der Waals surface area contributed by atoms with Crippen LogP contribution < -0.4 is 10.2 Å². The second-order valence-corrected chi connectivity index (χ2v) is 7.62. The van der Waals surface area contributed by atoms with E-state index >= 15 is 0 Å². The number of carboxylic acids is 2. The Bertz CT molecular complexity index is 1200. The van der Waals surface area contributed by atoms with Gasteiger partial charge in [-0.25, -0.2) is 9.78 Å². The zero-order chi connectivity index (χ0) is 23.4. The second-order valence-electron chi connectivity index (χ2n) is 7.62. The third kappa shape index (κ3) is 5.01. The van der Waals surface area contributed by atoms with Gasteiger partial charge in [-0.3, -0.25) is 14.5 Å². The summed E-state index contributed by atoms with van der Waals surface area (Å²) in [6.07, 6.45) is 5.11. The van der Waals surface area contributed by atoms with Crippen molar-refractivity contribution in [1.82, 2.24) is 14.9 Å². The SMILES string of the molecule is O=C(O)C=CC(=O)Nc1ccc2c(C(C(=O)O)N3CCN(c4ccccn4)CC3)c[nH]c2c1. The smallest absolute Gasteiger partial charge is 0.328 e. The van der Waals surface area contributed by atoms with Crippen molar-refractivity contribution >= 4 is 40.3 Å². The maximum Gasteiger partial charge on any atom is 0.328 e. The third-order valence-corrected chi connectivity index (χ3v) is 5.54. The standard InChI is InChI=1S/C23H23N5O5/c29-20(6-7-21(30)31)26-15-4-5-16-17(14-25-18(16)13-15)22(23(32)33)28-11-9-27(10-12-28)19-3-1-2-8-24-19/h1-8,13-14,22,25H,9-12H2,(H,26,29)(H,30,31)(H,32,33). The molecule has 4 rings (SSSR count). The Morgan fingerprint density at radius 1 is 1.06 bits per heavy atom. The van der Waals surface area contributed by atoms with Crippen LogP contribution in [0.15, 0.2) is 60.9 Å². The van der Waals surface area contributed by atoms with Crippen molar-refractivity contribution < 1.29 is 24.6 Å². The van der Waals surface area contributed by atoms with E-state index in [-0.39, 0.29) is 0 Å². The van der Waals surface area contributed by atoms with Gasteiger partial charge >= 0.3 is 11.9 Å². The molecule has 0 spiro atoms. The van der Waals surface area contributed by atoms with Crippen LogP contribution in [0.4, 0.5) is 11.5 Å². The highest BCUT2D eigenvalue weighted by Crippen LogP contribution is 2.31. The summed E-state index contributed by atoms with van der Waals surface area (Å²) < 4.78 is 0. The van der Waals surface area contributed by atoms with Crippen molar-refractivity contribution in [2.45, 2.75) is 6.04 Å². The number of rotatable bonds is 7. The molecule has 3 aromatic rings. The highest BCUT2D eigenvalue weighted by atomic mass is 16.4. The Hall–Kier alpha value is -4.18. The Balaban J connectivity index is 1.51. The Morgan fingerprint density at radius 2 is 1.85 bits per heavy atom. The van der Waals surface area contributed by atoms with Gasteiger partial charge in [-0.05, 0) is 24.3 Å². The van der Waals surface area contributed by atoms with Crippen LogP contribution in [-0.4, -0.2) is 69.1 Å². The number of carbonyl (C=O) groups excluding carboxylic acids is 1. The first kappa shape index (κ1) is 22.0. The average Bonchev–Trinajstić information content (AvgIpc) is 3.21. The molecule has 1 aliphatic rings. The zero-order valence-electron chi connectivity index (χ0n) is 17.6. The number of pyridine rings is 1. The van der Waals surface area contributed by atoms with E-state index in [9.17, 15) is 19.5 Å². The average molecular weight is 449 g/mol. The molecule has 1 fully saturated rings. The van der Waals surface area contributed by atoms with Crippen LogP contribution in [-0.2, 0) is 14.4 Å². The predicted octanol–water partition coefficient (Wildman–Crippen LogP) is 2.09. The van der Waals surface area contributed by atoms with Crippen LogP contribution >= 0.6 is 0 Å². The molecule has 1 atom stereocenters. The van der Waals surface area contributed by atoms with Crippen molar-refractivity contribution in [1.29, 1.82) is 0 Å². The van der Waals surface area contributed by atoms with Gasteiger partial charge < -0.3 is 25.4 Å². The highest BCUT2D eigenvalue weighted by Gasteiger charge is 2.32. The number of fused-ring (bicyclic) bond motifs is 1. The van der Waals surface area contributed by atoms with E-state index in [4.69, 9.17) is 5.11 Å². The molecule has 1 aromatic carbocycles. The minimum atomic E-state index is -1.21. The number of carbonyl (C=O) groups is 3. The predicted molar refractivity (Wildman–Crippen MR) is 122 cm³/mol. The Labute approximate surface area is 189 Å². The number of hydrogen-bond acceptors (Lipinski definition) is 6. The van der Waals surface area contributed by atoms with E-state index in [2.05, 4.69) is 20.2 Å². The number of H-pyrrole nitrogens is 1. The van der Waals surface area contributed by atoms with Crippen LogP contribution in [0.5, 0.6) is 0 Å². The fraction of sp³-hybridized carbons (Fsp3) is 0.217. The fourth-order valence-electron chi connectivity index (χ4n) is 4.02. The van der Waals surface area contributed by atoms with Crippen LogP contribution in [0.3, 0.4) is 0 Å². The van der Waals surface area contributed by atoms with Gasteiger partial charge in [0, 0.05) is 72.9 Å². The lowest BCUT2D eigenvalue weighted by molar-refractivity contribution is -0.143. The number of hydrogen-bond donors (Lipinski definition) is 4. The van der Waals surface area contributed by atoms with Crippen molar-refractivity contribution in [2.24, 2.45) is 0 Å². The van der Waals surface area contributed by atoms with Crippen molar-refractivity contribution in [3.05, 3.63) is 66.5 Å². The molecule has 0 aliphatic carbocycles. The molecule has 0 saturated carbocycles. The van der Waals surface area contributed by atoms with Crippen LogP contribution in [0.1, 0.15) is 11.6 Å². The van der Waals surface area contributed by atoms with E-state index < -0.39 is 23.9 Å². The number of piperazine rings is 1. The molecular weight excluding hydrogens is 426 g/mol. The molecule has 1 amide bonds. The Kier molecular flexibility index (Phi) is 6.36. The van der Waals surface area contributed by atoms with Gasteiger partial charge in [0.1, 0.15) is 11.9 Å². The van der Waals surface area contributed by atoms with E-state index in [1.165, 1.54) is 0 Å². The summed E-state index contributed by atoms with van der Waals surface area (Å²) in [6, 6.07) is 10.0. The third-order valence-electron chi connectivity index (χ3n) is 5.54. The Morgan fingerprint density at radius 3 is 2.52 bits per heavy atom. The molecule has 170 valence electrons. The maximum atomic E-state index is 12.2. The van der Waals surface area contributed by atoms with E-state index in [0.717, 1.165) is 23.4 Å². The number of aliphatic carboxylic acids is 2. The summed E-state index contributed by atoms with van der Waals surface area (Å²) in [5, 5.41) is 22.0. The maximum absolute atomic E-state index is 12.2. The molecule has 1 aliphatic heterocycles. The van der Waals surface area contributed by atoms with Crippen LogP contribution in [0, 0.1) is 0 Å². The number of benzene rings is 1. The summed E-state index contributed by atoms with van der Waals surface area (Å²) in [6.45, 7) is 2.49. The lowest BCUT2D eigenvalue weighted by Gasteiger charge is -2.38. The molecule has 0 radical (unpaired) electrons. The number of carboxylic acid groups (broad SMARTS) is 2. The van der Waals surface area contributed by atoms with E-state index in [1.807, 2.05) is 23.1 Å². The zero-order valence-corrected chi connectivity index (χ0v) is 17.6. The van der Waals surface area contributed by atoms with Gasteiger partial charge in [-0.15, -0.1) is 0 Å². The second kappa shape index (κ2) is 9.53. The molecule has 2 aromatic heterocycles. The monoisotopic (exact) mass is 449 g/mol. The quantitative estimate of drug-likeness (QED) is 0.402. The normalized spacial score (nSPS) is 15.6. The largest absolute Gasteiger partial charge is 0.480 e. The van der Waals surface area contributed by atoms with Crippen LogP contribution in [0.25, 0.3) is 10.9 Å². The number of amides is 1. The first-order chi connectivity index (χ1) is 15.9. The lowest BCUT2D eigenvalue weighted by Crippen LogP contribution is -2.49. The number of aromatic amines is 1. The van der Waals surface area contributed by atoms with Crippen molar-refractivity contribution in [2.75, 3.05) is 36.4 Å². The topological polar surface area (TPSA) is 139 Å². The van der Waals surface area contributed by atoms with Gasteiger partial charge in [0.05, 0.1) is 0 Å². The first-order valence-electron chi connectivity index (χ1n) is 10.4. The van der Waals surface area contributed by atoms with E-state index in [0.29, 0.717) is 42.9 Å². The van der Waals surface area contributed by atoms with Gasteiger partial charge in [0.15, 0.2) is 0 Å². The summed E-state index contributed by atoms with van der Waals surface area (Å²) >= 11 is 0. The summed E-state index contributed by atoms with van der Waals surface area (Å²) in [5.74, 6) is -1.84. The lowest BCUT2D eigenvalue weighted by atomic mass is 10.0. The molecule has 33 heavy (non-hydrogen) atoms. The first-order valence-corrected chi connectivity index (χ1v) is 10.4. The molecule has 10 heteroatoms. The van der Waals surface area contributed by atoms with E-state index in [1.54, 1.807) is 30.6 Å². The molecular formula is C23H23N5O5. The van der Waals surface area contributed by atoms with Gasteiger partial charge in [0.25, 0.3) is 0 Å². The highest BCUT2D eigenvalue weighted by molar-refractivity contribution is 6.03. The summed E-state index contributed by atoms with van der Waals surface area (Å²) in [4.78, 5) is 46.1. The van der Waals surface area contributed by atoms with Gasteiger partial charge in [-0.2, -0.15) is 0 Å². The number of aromatic nitrogens is 2. The number of nitrogens with one attached hydrogen (secondary N) is 2. The summed E-state index contributed by atoms with van der Waals surface area (Å²) in [7, 11) is 0. The number of nitrogens with zero attached hydrogens (tertiary/aromatic N) is 3. The molecule has 1 unspecified atom stereocenters. The number of anilines is 2. The fourth-order valence-corrected chi connectivity index (χ4v) is 4.02. The summed E-state index contributed by atoms with van der Waals surface area (Å²) in [5.41, 5.74) is 1.78. The minimum Gasteiger partial charge on any atom is -0.480 e. The van der Waals surface area contributed by atoms with Crippen molar-refractivity contribution in [3.8, 4) is 0 Å². The molecule has 10 nitrogen and oxygen atoms in total. The minimum absolute atomic E-state index is 0.465. The van der Waals surface area contributed by atoms with Crippen LogP contribution in [0.2, 0.25) is 0 Å². The molecule has 3 heterocycles.